The Balaban J connectivity index is 1.71. The minimum absolute atomic E-state index is 0.0225. The van der Waals surface area contributed by atoms with Crippen LogP contribution in [0.15, 0.2) is 42.5 Å². The number of sulfonamides is 1. The molecule has 0 aliphatic heterocycles. The van der Waals surface area contributed by atoms with Gasteiger partial charge in [0, 0.05) is 22.7 Å². The van der Waals surface area contributed by atoms with E-state index < -0.39 is 23.1 Å². The molecule has 0 spiro atoms. The summed E-state index contributed by atoms with van der Waals surface area (Å²) >= 11 is 0. The van der Waals surface area contributed by atoms with Crippen molar-refractivity contribution >= 4 is 32.3 Å². The van der Waals surface area contributed by atoms with Crippen LogP contribution in [0.1, 0.15) is 39.2 Å². The van der Waals surface area contributed by atoms with Gasteiger partial charge in [0.2, 0.25) is 10.0 Å². The number of nitrogen functional groups attached to an aromatic ring is 1. The fourth-order valence-electron chi connectivity index (χ4n) is 4.24. The van der Waals surface area contributed by atoms with Crippen LogP contribution < -0.4 is 15.2 Å². The standard InChI is InChI=1S/C24H29F2N3O3S/c1-15(2)14-33(30,31)28-17-8-6-16(7-9-17)24-23(27)20-12-19(32-13-22(25)26)10-11-21(20)29(24)18-4-3-5-18/h6-12,15,18,22,28H,3-5,13-14,27H2,1-2H3. The highest BCUT2D eigenvalue weighted by Crippen LogP contribution is 2.45. The van der Waals surface area contributed by atoms with Crippen molar-refractivity contribution in [2.24, 2.45) is 5.92 Å². The van der Waals surface area contributed by atoms with Crippen LogP contribution in [0.4, 0.5) is 20.2 Å². The number of aromatic nitrogens is 1. The topological polar surface area (TPSA) is 86.3 Å². The van der Waals surface area contributed by atoms with Gasteiger partial charge in [-0.15, -0.1) is 0 Å². The summed E-state index contributed by atoms with van der Waals surface area (Å²) in [5, 5.41) is 0.755. The lowest BCUT2D eigenvalue weighted by atomic mass is 9.92. The van der Waals surface area contributed by atoms with Crippen LogP contribution in [0.3, 0.4) is 0 Å². The number of ether oxygens (including phenoxy) is 1. The predicted octanol–water partition coefficient (Wildman–Crippen LogP) is 5.66. The number of halogens is 2. The molecular formula is C24H29F2N3O3S. The zero-order valence-electron chi connectivity index (χ0n) is 18.7. The lowest BCUT2D eigenvalue weighted by Crippen LogP contribution is -2.20. The highest BCUT2D eigenvalue weighted by molar-refractivity contribution is 7.92. The fraction of sp³-hybridized carbons (Fsp3) is 0.417. The van der Waals surface area contributed by atoms with Gasteiger partial charge in [-0.25, -0.2) is 17.2 Å². The van der Waals surface area contributed by atoms with Gasteiger partial charge in [-0.05, 0) is 55.5 Å². The molecule has 0 radical (unpaired) electrons. The molecule has 1 aliphatic carbocycles. The molecule has 1 saturated carbocycles. The van der Waals surface area contributed by atoms with Crippen LogP contribution in [-0.2, 0) is 10.0 Å². The Hall–Kier alpha value is -2.81. The van der Waals surface area contributed by atoms with Crippen LogP contribution in [-0.4, -0.2) is 31.8 Å². The van der Waals surface area contributed by atoms with Gasteiger partial charge >= 0.3 is 0 Å². The molecule has 0 bridgehead atoms. The molecule has 0 atom stereocenters. The first-order chi connectivity index (χ1) is 15.6. The molecule has 0 saturated heterocycles. The van der Waals surface area contributed by atoms with Crippen LogP contribution in [0, 0.1) is 5.92 Å². The number of hydrogen-bond donors (Lipinski definition) is 2. The van der Waals surface area contributed by atoms with Gasteiger partial charge in [-0.2, -0.15) is 0 Å². The summed E-state index contributed by atoms with van der Waals surface area (Å²) in [5.41, 5.74) is 10.2. The maximum absolute atomic E-state index is 12.6. The van der Waals surface area contributed by atoms with Crippen molar-refractivity contribution in [2.75, 3.05) is 22.8 Å². The van der Waals surface area contributed by atoms with Gasteiger partial charge in [0.25, 0.3) is 6.43 Å². The molecule has 2 aromatic carbocycles. The third-order valence-corrected chi connectivity index (χ3v) is 7.47. The molecule has 4 rings (SSSR count). The fourth-order valence-corrected chi connectivity index (χ4v) is 5.70. The Morgan fingerprint density at radius 1 is 1.15 bits per heavy atom. The average molecular weight is 478 g/mol. The van der Waals surface area contributed by atoms with E-state index >= 15 is 0 Å². The third-order valence-electron chi connectivity index (χ3n) is 5.81. The maximum Gasteiger partial charge on any atom is 0.272 e. The number of fused-ring (bicyclic) bond motifs is 1. The third kappa shape index (κ3) is 5.08. The van der Waals surface area contributed by atoms with Crippen molar-refractivity contribution in [3.63, 3.8) is 0 Å². The summed E-state index contributed by atoms with van der Waals surface area (Å²) in [4.78, 5) is 0. The molecule has 1 heterocycles. The molecule has 3 aromatic rings. The Labute approximate surface area is 192 Å². The van der Waals surface area contributed by atoms with Gasteiger partial charge in [-0.1, -0.05) is 26.0 Å². The van der Waals surface area contributed by atoms with E-state index in [0.717, 1.165) is 41.4 Å². The molecule has 9 heteroatoms. The summed E-state index contributed by atoms with van der Waals surface area (Å²) in [5.74, 6) is 0.421. The van der Waals surface area contributed by atoms with Gasteiger partial charge in [0.05, 0.1) is 22.7 Å². The van der Waals surface area contributed by atoms with Crippen molar-refractivity contribution in [1.82, 2.24) is 4.57 Å². The zero-order chi connectivity index (χ0) is 23.8. The molecule has 0 amide bonds. The summed E-state index contributed by atoms with van der Waals surface area (Å²) in [6.07, 6.45) is 0.653. The van der Waals surface area contributed by atoms with Gasteiger partial charge < -0.3 is 15.0 Å². The van der Waals surface area contributed by atoms with E-state index in [-0.39, 0.29) is 11.7 Å². The molecule has 178 valence electrons. The smallest absolute Gasteiger partial charge is 0.272 e. The molecule has 33 heavy (non-hydrogen) atoms. The summed E-state index contributed by atoms with van der Waals surface area (Å²) in [6.45, 7) is 3.04. The number of anilines is 2. The monoisotopic (exact) mass is 477 g/mol. The van der Waals surface area contributed by atoms with Crippen LogP contribution in [0.5, 0.6) is 5.75 Å². The molecular weight excluding hydrogens is 448 g/mol. The lowest BCUT2D eigenvalue weighted by molar-refractivity contribution is 0.0820. The van der Waals surface area contributed by atoms with Crippen LogP contribution in [0.25, 0.3) is 22.2 Å². The molecule has 0 unspecified atom stereocenters. The first kappa shape index (κ1) is 23.4. The summed E-state index contributed by atoms with van der Waals surface area (Å²) < 4.78 is 59.7. The first-order valence-electron chi connectivity index (χ1n) is 11.1. The number of rotatable bonds is 9. The highest BCUT2D eigenvalue weighted by atomic mass is 32.2. The minimum Gasteiger partial charge on any atom is -0.488 e. The molecule has 6 nitrogen and oxygen atoms in total. The van der Waals surface area contributed by atoms with E-state index in [4.69, 9.17) is 10.5 Å². The SMILES string of the molecule is CC(C)CS(=O)(=O)Nc1ccc(-c2c(N)c3cc(OCC(F)F)ccc3n2C2CCC2)cc1. The first-order valence-corrected chi connectivity index (χ1v) is 12.7. The van der Waals surface area contributed by atoms with E-state index in [1.54, 1.807) is 24.3 Å². The number of benzene rings is 2. The average Bonchev–Trinajstić information content (AvgIpc) is 2.96. The van der Waals surface area contributed by atoms with Gasteiger partial charge in [-0.3, -0.25) is 4.72 Å². The largest absolute Gasteiger partial charge is 0.488 e. The van der Waals surface area contributed by atoms with Crippen LogP contribution in [0.2, 0.25) is 0 Å². The van der Waals surface area contributed by atoms with Gasteiger partial charge in [0.15, 0.2) is 0 Å². The highest BCUT2D eigenvalue weighted by Gasteiger charge is 2.27. The molecule has 3 N–H and O–H groups in total. The van der Waals surface area contributed by atoms with E-state index in [1.807, 2.05) is 32.0 Å². The lowest BCUT2D eigenvalue weighted by Gasteiger charge is -2.30. The summed E-state index contributed by atoms with van der Waals surface area (Å²) in [6, 6.07) is 12.7. The number of hydrogen-bond acceptors (Lipinski definition) is 4. The second kappa shape index (κ2) is 9.21. The minimum atomic E-state index is -3.42. The number of nitrogens with two attached hydrogens (primary N) is 1. The Morgan fingerprint density at radius 2 is 1.85 bits per heavy atom. The molecule has 1 aromatic heterocycles. The van der Waals surface area contributed by atoms with Crippen molar-refractivity contribution in [3.05, 3.63) is 42.5 Å². The van der Waals surface area contributed by atoms with Crippen molar-refractivity contribution < 1.29 is 21.9 Å². The van der Waals surface area contributed by atoms with E-state index in [9.17, 15) is 17.2 Å². The van der Waals surface area contributed by atoms with E-state index in [0.29, 0.717) is 23.2 Å². The summed E-state index contributed by atoms with van der Waals surface area (Å²) in [7, 11) is -3.42. The number of nitrogens with zero attached hydrogens (tertiary/aromatic N) is 1. The van der Waals surface area contributed by atoms with Crippen molar-refractivity contribution in [3.8, 4) is 17.0 Å². The second-order valence-corrected chi connectivity index (χ2v) is 10.7. The Morgan fingerprint density at radius 3 is 2.42 bits per heavy atom. The molecule has 1 fully saturated rings. The van der Waals surface area contributed by atoms with Crippen molar-refractivity contribution in [2.45, 2.75) is 45.6 Å². The van der Waals surface area contributed by atoms with E-state index in [2.05, 4.69) is 9.29 Å². The predicted molar refractivity (Wildman–Crippen MR) is 128 cm³/mol. The quantitative estimate of drug-likeness (QED) is 0.417. The Bertz CT molecular complexity index is 1230. The maximum atomic E-state index is 12.6. The normalized spacial score (nSPS) is 14.7. The second-order valence-electron chi connectivity index (χ2n) is 8.95. The molecule has 1 aliphatic rings. The van der Waals surface area contributed by atoms with Crippen LogP contribution >= 0.6 is 0 Å². The van der Waals surface area contributed by atoms with Gasteiger partial charge in [0.1, 0.15) is 12.4 Å². The van der Waals surface area contributed by atoms with E-state index in [1.165, 1.54) is 0 Å². The Kier molecular flexibility index (Phi) is 6.52. The number of alkyl halides is 2. The van der Waals surface area contributed by atoms with Crippen molar-refractivity contribution in [1.29, 1.82) is 0 Å². The zero-order valence-corrected chi connectivity index (χ0v) is 19.5. The number of nitrogens with one attached hydrogen (secondary N) is 1.